The van der Waals surface area contributed by atoms with E-state index >= 15 is 0 Å². The molecule has 6 heterocycles. The molecule has 0 amide bonds. The van der Waals surface area contributed by atoms with Crippen molar-refractivity contribution in [1.29, 1.82) is 0 Å². The lowest BCUT2D eigenvalue weighted by Crippen LogP contribution is -2.16. The first-order chi connectivity index (χ1) is 40.7. The van der Waals surface area contributed by atoms with Crippen LogP contribution in [0.2, 0.25) is 0 Å². The highest BCUT2D eigenvalue weighted by Crippen LogP contribution is 2.51. The molecule has 0 saturated carbocycles. The van der Waals surface area contributed by atoms with E-state index in [1.54, 1.807) is 0 Å². The molecule has 6 nitrogen and oxygen atoms in total. The molecule has 0 atom stereocenters. The maximum absolute atomic E-state index is 6.46. The minimum Gasteiger partial charge on any atom is -0.305 e. The topological polar surface area (TPSA) is 45.5 Å². The van der Waals surface area contributed by atoms with Gasteiger partial charge < -0.3 is 9.13 Å². The lowest BCUT2D eigenvalue weighted by molar-refractivity contribution is 0.961. The number of para-hydroxylation sites is 8. The Kier molecular flexibility index (Phi) is 10.2. The molecular weight excluding hydrogens is 997 g/mol. The summed E-state index contributed by atoms with van der Waals surface area (Å²) in [5.74, 6) is 1.57. The molecule has 17 rings (SSSR count). The summed E-state index contributed by atoms with van der Waals surface area (Å²) in [6, 6.07) is 105. The Morgan fingerprint density at radius 1 is 0.207 bits per heavy atom. The summed E-state index contributed by atoms with van der Waals surface area (Å²) in [5.41, 5.74) is 18.3. The van der Waals surface area contributed by atoms with Crippen molar-refractivity contribution in [2.24, 2.45) is 0 Å². The average molecular weight is 1050 g/mol. The van der Waals surface area contributed by atoms with Crippen molar-refractivity contribution in [3.8, 4) is 67.8 Å². The van der Waals surface area contributed by atoms with Gasteiger partial charge in [-0.15, -0.1) is 0 Å². The van der Waals surface area contributed by atoms with Crippen LogP contribution in [0.4, 0.5) is 0 Å². The maximum Gasteiger partial charge on any atom is 0.165 e. The number of hydrogen-bond donors (Lipinski definition) is 0. The number of rotatable bonds is 8. The molecule has 0 unspecified atom stereocenters. The van der Waals surface area contributed by atoms with Crippen molar-refractivity contribution >= 4 is 87.2 Å². The number of benzene rings is 11. The molecule has 11 aromatic carbocycles. The van der Waals surface area contributed by atoms with E-state index in [0.717, 1.165) is 155 Å². The standard InChI is InChI=1S/C76H48N6/c1-3-25-49(26-4-1)51-47-62(50-27-5-2-6-28-50)77-63(48-51)52-29-7-8-38-61(52)72-73(79-64-39-17-9-30-53(64)54-31-10-18-40-65(54)79)75(81-68-43-21-13-34-57(68)58-35-14-22-44-69(58)81)78-76(82-70-45-23-15-36-59(70)60-37-16-24-46-71(60)82)74(72)80-66-41-19-11-32-55(66)56-33-12-20-42-67(56)80/h1-48H. The lowest BCUT2D eigenvalue weighted by Gasteiger charge is -2.27. The third-order valence-corrected chi connectivity index (χ3v) is 16.8. The van der Waals surface area contributed by atoms with Gasteiger partial charge in [-0.3, -0.25) is 9.13 Å². The summed E-state index contributed by atoms with van der Waals surface area (Å²) in [4.78, 5) is 12.2. The molecule has 0 radical (unpaired) electrons. The van der Waals surface area contributed by atoms with E-state index in [0.29, 0.717) is 0 Å². The zero-order valence-electron chi connectivity index (χ0n) is 44.4. The van der Waals surface area contributed by atoms with Gasteiger partial charge in [-0.1, -0.05) is 231 Å². The molecule has 0 aliphatic heterocycles. The van der Waals surface area contributed by atoms with Gasteiger partial charge in [0, 0.05) is 59.8 Å². The molecule has 6 aromatic heterocycles. The van der Waals surface area contributed by atoms with Crippen LogP contribution in [0.15, 0.2) is 291 Å². The first kappa shape index (κ1) is 45.9. The third-order valence-electron chi connectivity index (χ3n) is 16.8. The summed E-state index contributed by atoms with van der Waals surface area (Å²) < 4.78 is 9.90. The van der Waals surface area contributed by atoms with E-state index in [1.807, 2.05) is 0 Å². The fourth-order valence-corrected chi connectivity index (χ4v) is 13.3. The van der Waals surface area contributed by atoms with Gasteiger partial charge in [0.1, 0.15) is 11.4 Å². The minimum atomic E-state index is 0.783. The van der Waals surface area contributed by atoms with Gasteiger partial charge in [-0.05, 0) is 77.4 Å². The van der Waals surface area contributed by atoms with Crippen molar-refractivity contribution in [1.82, 2.24) is 28.2 Å². The second-order valence-electron chi connectivity index (χ2n) is 21.2. The van der Waals surface area contributed by atoms with Crippen molar-refractivity contribution in [2.75, 3.05) is 0 Å². The monoisotopic (exact) mass is 1040 g/mol. The van der Waals surface area contributed by atoms with Crippen LogP contribution in [-0.2, 0) is 0 Å². The zero-order valence-corrected chi connectivity index (χ0v) is 44.4. The molecule has 0 N–H and O–H groups in total. The largest absolute Gasteiger partial charge is 0.305 e. The van der Waals surface area contributed by atoms with E-state index in [2.05, 4.69) is 309 Å². The Labute approximate surface area is 471 Å². The van der Waals surface area contributed by atoms with Crippen LogP contribution in [0.3, 0.4) is 0 Å². The SMILES string of the molecule is c1ccc(-c2cc(-c3ccccc3)nc(-c3ccccc3-c3c(-n4c5ccccc5c5ccccc54)c(-n4c5ccccc5c5ccccc54)nc(-n4c5ccccc5c5ccccc54)c3-n3c4ccccc4c4ccccc43)c2)cc1. The Hall–Kier alpha value is -11.1. The van der Waals surface area contributed by atoms with Gasteiger partial charge >= 0.3 is 0 Å². The van der Waals surface area contributed by atoms with Gasteiger partial charge in [0.25, 0.3) is 0 Å². The molecule has 6 heteroatoms. The number of nitrogens with zero attached hydrogens (tertiary/aromatic N) is 6. The second kappa shape index (κ2) is 18.2. The van der Waals surface area contributed by atoms with Crippen LogP contribution in [0.25, 0.3) is 155 Å². The van der Waals surface area contributed by atoms with Crippen LogP contribution in [0.5, 0.6) is 0 Å². The van der Waals surface area contributed by atoms with Crippen molar-refractivity contribution in [3.05, 3.63) is 291 Å². The van der Waals surface area contributed by atoms with Crippen LogP contribution >= 0.6 is 0 Å². The number of pyridine rings is 2. The third kappa shape index (κ3) is 6.82. The lowest BCUT2D eigenvalue weighted by atomic mass is 9.92. The van der Waals surface area contributed by atoms with Gasteiger partial charge in [-0.25, -0.2) is 9.97 Å². The number of aromatic nitrogens is 6. The van der Waals surface area contributed by atoms with Gasteiger partial charge in [-0.2, -0.15) is 0 Å². The summed E-state index contributed by atoms with van der Waals surface area (Å²) in [6.45, 7) is 0. The average Bonchev–Trinajstić information content (AvgIpc) is 1.80. The molecule has 0 bridgehead atoms. The fourth-order valence-electron chi connectivity index (χ4n) is 13.3. The molecule has 0 fully saturated rings. The summed E-state index contributed by atoms with van der Waals surface area (Å²) >= 11 is 0. The molecule has 0 aliphatic carbocycles. The molecule has 0 saturated heterocycles. The Morgan fingerprint density at radius 2 is 0.488 bits per heavy atom. The van der Waals surface area contributed by atoms with Crippen molar-refractivity contribution in [3.63, 3.8) is 0 Å². The Bertz CT molecular complexity index is 4890. The van der Waals surface area contributed by atoms with Gasteiger partial charge in [0.05, 0.1) is 55.5 Å². The smallest absolute Gasteiger partial charge is 0.165 e. The van der Waals surface area contributed by atoms with E-state index in [-0.39, 0.29) is 0 Å². The van der Waals surface area contributed by atoms with E-state index < -0.39 is 0 Å². The van der Waals surface area contributed by atoms with Crippen molar-refractivity contribution < 1.29 is 0 Å². The highest BCUT2D eigenvalue weighted by Gasteiger charge is 2.33. The Morgan fingerprint density at radius 3 is 0.854 bits per heavy atom. The fraction of sp³-hybridized carbons (Fsp3) is 0. The first-order valence-corrected chi connectivity index (χ1v) is 28.0. The summed E-state index contributed by atoms with van der Waals surface area (Å²) in [6.07, 6.45) is 0. The highest BCUT2D eigenvalue weighted by atomic mass is 15.2. The molecule has 82 heavy (non-hydrogen) atoms. The van der Waals surface area contributed by atoms with Crippen LogP contribution < -0.4 is 0 Å². The van der Waals surface area contributed by atoms with Crippen LogP contribution in [-0.4, -0.2) is 28.2 Å². The normalized spacial score (nSPS) is 11.9. The molecule has 0 spiro atoms. The predicted octanol–water partition coefficient (Wildman–Crippen LogP) is 19.5. The zero-order chi connectivity index (χ0) is 53.8. The maximum atomic E-state index is 6.46. The Balaban J connectivity index is 1.17. The van der Waals surface area contributed by atoms with E-state index in [9.17, 15) is 0 Å². The molecule has 17 aromatic rings. The molecule has 382 valence electrons. The molecular formula is C76H48N6. The minimum absolute atomic E-state index is 0.783. The van der Waals surface area contributed by atoms with E-state index in [1.165, 1.54) is 0 Å². The number of hydrogen-bond acceptors (Lipinski definition) is 2. The number of fused-ring (bicyclic) bond motifs is 12. The van der Waals surface area contributed by atoms with E-state index in [4.69, 9.17) is 9.97 Å². The summed E-state index contributed by atoms with van der Waals surface area (Å²) in [5, 5.41) is 9.21. The second-order valence-corrected chi connectivity index (χ2v) is 21.2. The summed E-state index contributed by atoms with van der Waals surface area (Å²) in [7, 11) is 0. The van der Waals surface area contributed by atoms with Gasteiger partial charge in [0.2, 0.25) is 0 Å². The van der Waals surface area contributed by atoms with Crippen LogP contribution in [0.1, 0.15) is 0 Å². The predicted molar refractivity (Wildman–Crippen MR) is 341 cm³/mol. The quantitative estimate of drug-likeness (QED) is 0.152. The highest BCUT2D eigenvalue weighted by molar-refractivity contribution is 6.16. The van der Waals surface area contributed by atoms with Crippen molar-refractivity contribution in [2.45, 2.75) is 0 Å². The van der Waals surface area contributed by atoms with Gasteiger partial charge in [0.15, 0.2) is 11.6 Å². The van der Waals surface area contributed by atoms with Crippen LogP contribution in [0, 0.1) is 0 Å². The first-order valence-electron chi connectivity index (χ1n) is 28.0. The molecule has 0 aliphatic rings.